The maximum Gasteiger partial charge on any atom is 0.233 e. The predicted molar refractivity (Wildman–Crippen MR) is 76.0 cm³/mol. The molecule has 1 aromatic rings. The minimum absolute atomic E-state index is 0.239. The fourth-order valence-electron chi connectivity index (χ4n) is 3.24. The maximum absolute atomic E-state index is 13.1. The summed E-state index contributed by atoms with van der Waals surface area (Å²) >= 11 is 0. The van der Waals surface area contributed by atoms with Crippen molar-refractivity contribution in [2.45, 2.75) is 24.7 Å². The number of nitrogens with zero attached hydrogens (tertiary/aromatic N) is 2. The Bertz CT molecular complexity index is 488. The number of benzene rings is 1. The molecule has 0 aromatic heterocycles. The van der Waals surface area contributed by atoms with E-state index in [1.807, 2.05) is 4.90 Å². The first-order valence-electron chi connectivity index (χ1n) is 7.36. The molecular formula is C16H21FN2O. The average molecular weight is 276 g/mol. The SMILES string of the molecule is CN1CCN(C(=O)C2(c3ccc(F)cc3)CCC2)CC1. The highest BCUT2D eigenvalue weighted by Gasteiger charge is 2.47. The Morgan fingerprint density at radius 1 is 1.10 bits per heavy atom. The lowest BCUT2D eigenvalue weighted by molar-refractivity contribution is -0.142. The Morgan fingerprint density at radius 2 is 1.70 bits per heavy atom. The van der Waals surface area contributed by atoms with Gasteiger partial charge in [-0.05, 0) is 37.6 Å². The first-order valence-corrected chi connectivity index (χ1v) is 7.36. The molecule has 0 unspecified atom stereocenters. The molecule has 1 saturated heterocycles. The maximum atomic E-state index is 13.1. The second-order valence-electron chi connectivity index (χ2n) is 6.04. The third-order valence-electron chi connectivity index (χ3n) is 4.80. The van der Waals surface area contributed by atoms with Crippen LogP contribution in [0.2, 0.25) is 0 Å². The first-order chi connectivity index (χ1) is 9.62. The van der Waals surface area contributed by atoms with Gasteiger partial charge < -0.3 is 9.80 Å². The van der Waals surface area contributed by atoms with E-state index in [4.69, 9.17) is 0 Å². The van der Waals surface area contributed by atoms with Gasteiger partial charge in [-0.25, -0.2) is 4.39 Å². The molecule has 0 spiro atoms. The average Bonchev–Trinajstić information content (AvgIpc) is 2.40. The molecule has 1 amide bonds. The molecule has 20 heavy (non-hydrogen) atoms. The molecule has 1 aromatic carbocycles. The fourth-order valence-corrected chi connectivity index (χ4v) is 3.24. The number of piperazine rings is 1. The molecule has 2 fully saturated rings. The Kier molecular flexibility index (Phi) is 3.50. The summed E-state index contributed by atoms with van der Waals surface area (Å²) in [6.45, 7) is 3.48. The standard InChI is InChI=1S/C16H21FN2O/c1-18-9-11-19(12-10-18)15(20)16(7-2-8-16)13-3-5-14(17)6-4-13/h3-6H,2,7-12H2,1H3. The summed E-state index contributed by atoms with van der Waals surface area (Å²) in [6.07, 6.45) is 2.87. The van der Waals surface area contributed by atoms with E-state index in [0.29, 0.717) is 0 Å². The van der Waals surface area contributed by atoms with Crippen LogP contribution in [-0.2, 0) is 10.2 Å². The largest absolute Gasteiger partial charge is 0.339 e. The van der Waals surface area contributed by atoms with Crippen molar-refractivity contribution in [3.63, 3.8) is 0 Å². The molecule has 1 heterocycles. The van der Waals surface area contributed by atoms with Gasteiger partial charge in [0.15, 0.2) is 0 Å². The van der Waals surface area contributed by atoms with Crippen molar-refractivity contribution < 1.29 is 9.18 Å². The predicted octanol–water partition coefficient (Wildman–Crippen LogP) is 2.02. The summed E-state index contributed by atoms with van der Waals surface area (Å²) in [4.78, 5) is 17.1. The summed E-state index contributed by atoms with van der Waals surface area (Å²) in [5.74, 6) is -0.00118. The molecule has 0 N–H and O–H groups in total. The van der Waals surface area contributed by atoms with Gasteiger partial charge in [0, 0.05) is 26.2 Å². The summed E-state index contributed by atoms with van der Waals surface area (Å²) in [6, 6.07) is 6.49. The molecule has 0 bridgehead atoms. The van der Waals surface area contributed by atoms with E-state index in [1.54, 1.807) is 12.1 Å². The normalized spacial score (nSPS) is 22.4. The van der Waals surface area contributed by atoms with Gasteiger partial charge in [-0.3, -0.25) is 4.79 Å². The van der Waals surface area contributed by atoms with Crippen molar-refractivity contribution >= 4 is 5.91 Å². The quantitative estimate of drug-likeness (QED) is 0.825. The number of hydrogen-bond donors (Lipinski definition) is 0. The molecule has 108 valence electrons. The number of hydrogen-bond acceptors (Lipinski definition) is 2. The van der Waals surface area contributed by atoms with Crippen molar-refractivity contribution in [3.05, 3.63) is 35.6 Å². The number of amides is 1. The minimum Gasteiger partial charge on any atom is -0.339 e. The van der Waals surface area contributed by atoms with Gasteiger partial charge in [0.05, 0.1) is 5.41 Å². The lowest BCUT2D eigenvalue weighted by atomic mass is 9.63. The molecule has 1 aliphatic heterocycles. The van der Waals surface area contributed by atoms with Gasteiger partial charge in [0.2, 0.25) is 5.91 Å². The van der Waals surface area contributed by atoms with Crippen molar-refractivity contribution in [2.75, 3.05) is 33.2 Å². The highest BCUT2D eigenvalue weighted by molar-refractivity contribution is 5.89. The number of carbonyl (C=O) groups is 1. The zero-order valence-electron chi connectivity index (χ0n) is 11.9. The van der Waals surface area contributed by atoms with Crippen LogP contribution in [0.15, 0.2) is 24.3 Å². The molecule has 3 rings (SSSR count). The monoisotopic (exact) mass is 276 g/mol. The number of halogens is 1. The van der Waals surface area contributed by atoms with Gasteiger partial charge in [-0.2, -0.15) is 0 Å². The van der Waals surface area contributed by atoms with Crippen LogP contribution in [0.1, 0.15) is 24.8 Å². The van der Waals surface area contributed by atoms with Crippen LogP contribution >= 0.6 is 0 Å². The Balaban J connectivity index is 1.81. The molecule has 1 aliphatic carbocycles. The van der Waals surface area contributed by atoms with Crippen molar-refractivity contribution in [3.8, 4) is 0 Å². The lowest BCUT2D eigenvalue weighted by Crippen LogP contribution is -2.56. The van der Waals surface area contributed by atoms with Crippen molar-refractivity contribution in [2.24, 2.45) is 0 Å². The molecule has 1 saturated carbocycles. The van der Waals surface area contributed by atoms with Crippen molar-refractivity contribution in [1.82, 2.24) is 9.80 Å². The zero-order valence-corrected chi connectivity index (χ0v) is 11.9. The molecular weight excluding hydrogens is 255 g/mol. The molecule has 4 heteroatoms. The van der Waals surface area contributed by atoms with E-state index in [-0.39, 0.29) is 17.1 Å². The third-order valence-corrected chi connectivity index (χ3v) is 4.80. The van der Waals surface area contributed by atoms with Gasteiger partial charge in [-0.1, -0.05) is 18.6 Å². The first kappa shape index (κ1) is 13.6. The van der Waals surface area contributed by atoms with Gasteiger partial charge in [0.1, 0.15) is 5.82 Å². The van der Waals surface area contributed by atoms with Gasteiger partial charge in [-0.15, -0.1) is 0 Å². The van der Waals surface area contributed by atoms with Crippen LogP contribution in [-0.4, -0.2) is 48.9 Å². The van der Waals surface area contributed by atoms with Gasteiger partial charge >= 0.3 is 0 Å². The lowest BCUT2D eigenvalue weighted by Gasteiger charge is -2.45. The molecule has 0 atom stereocenters. The van der Waals surface area contributed by atoms with E-state index >= 15 is 0 Å². The fraction of sp³-hybridized carbons (Fsp3) is 0.562. The second kappa shape index (κ2) is 5.17. The number of likely N-dealkylation sites (N-methyl/N-ethyl adjacent to an activating group) is 1. The van der Waals surface area contributed by atoms with E-state index in [0.717, 1.165) is 51.0 Å². The summed E-state index contributed by atoms with van der Waals surface area (Å²) in [5, 5.41) is 0. The van der Waals surface area contributed by atoms with Crippen molar-refractivity contribution in [1.29, 1.82) is 0 Å². The Labute approximate surface area is 119 Å². The van der Waals surface area contributed by atoms with Crippen LogP contribution in [0, 0.1) is 5.82 Å². The van der Waals surface area contributed by atoms with E-state index in [9.17, 15) is 9.18 Å². The summed E-state index contributed by atoms with van der Waals surface area (Å²) in [7, 11) is 2.08. The van der Waals surface area contributed by atoms with E-state index in [1.165, 1.54) is 12.1 Å². The van der Waals surface area contributed by atoms with E-state index < -0.39 is 0 Å². The smallest absolute Gasteiger partial charge is 0.233 e. The molecule has 0 radical (unpaired) electrons. The van der Waals surface area contributed by atoms with Crippen LogP contribution in [0.4, 0.5) is 4.39 Å². The second-order valence-corrected chi connectivity index (χ2v) is 6.04. The van der Waals surface area contributed by atoms with Gasteiger partial charge in [0.25, 0.3) is 0 Å². The summed E-state index contributed by atoms with van der Waals surface area (Å²) < 4.78 is 13.1. The van der Waals surface area contributed by atoms with Crippen LogP contribution in [0.25, 0.3) is 0 Å². The highest BCUT2D eigenvalue weighted by Crippen LogP contribution is 2.45. The number of carbonyl (C=O) groups excluding carboxylic acids is 1. The topological polar surface area (TPSA) is 23.6 Å². The molecule has 3 nitrogen and oxygen atoms in total. The Morgan fingerprint density at radius 3 is 2.20 bits per heavy atom. The van der Waals surface area contributed by atoms with Crippen LogP contribution < -0.4 is 0 Å². The zero-order chi connectivity index (χ0) is 14.2. The highest BCUT2D eigenvalue weighted by atomic mass is 19.1. The third kappa shape index (κ3) is 2.22. The Hall–Kier alpha value is -1.42. The number of rotatable bonds is 2. The minimum atomic E-state index is -0.385. The summed E-state index contributed by atoms with van der Waals surface area (Å²) in [5.41, 5.74) is 0.595. The van der Waals surface area contributed by atoms with E-state index in [2.05, 4.69) is 11.9 Å². The van der Waals surface area contributed by atoms with Crippen LogP contribution in [0.5, 0.6) is 0 Å². The van der Waals surface area contributed by atoms with Crippen LogP contribution in [0.3, 0.4) is 0 Å². The molecule has 2 aliphatic rings.